The topological polar surface area (TPSA) is 74.5 Å². The van der Waals surface area contributed by atoms with Crippen LogP contribution in [0.15, 0.2) is 6.20 Å². The van der Waals surface area contributed by atoms with Gasteiger partial charge in [0.1, 0.15) is 0 Å². The molecule has 1 aromatic rings. The summed E-state index contributed by atoms with van der Waals surface area (Å²) in [5.41, 5.74) is 2.51. The van der Waals surface area contributed by atoms with Gasteiger partial charge in [0.2, 0.25) is 5.91 Å². The predicted molar refractivity (Wildman–Crippen MR) is 74.2 cm³/mol. The van der Waals surface area contributed by atoms with Gasteiger partial charge in [-0.1, -0.05) is 11.3 Å². The number of hydrazine groups is 1. The second-order valence-corrected chi connectivity index (χ2v) is 5.13. The number of nitrogens with zero attached hydrogens (tertiary/aromatic N) is 3. The van der Waals surface area contributed by atoms with Crippen molar-refractivity contribution in [2.45, 2.75) is 20.4 Å². The van der Waals surface area contributed by atoms with E-state index in [0.717, 1.165) is 18.0 Å². The molecule has 0 aliphatic heterocycles. The zero-order chi connectivity index (χ0) is 13.5. The highest BCUT2D eigenvalue weighted by Gasteiger charge is 2.13. The van der Waals surface area contributed by atoms with E-state index >= 15 is 0 Å². The molecule has 0 aromatic carbocycles. The summed E-state index contributed by atoms with van der Waals surface area (Å²) in [6, 6.07) is 0. The molecule has 0 atom stereocenters. The number of anilines is 1. The lowest BCUT2D eigenvalue weighted by Gasteiger charge is -2.22. The predicted octanol–water partition coefficient (Wildman–Crippen LogP) is 0.729. The lowest BCUT2D eigenvalue weighted by Crippen LogP contribution is -2.38. The number of carbonyl (C=O) groups excluding carboxylic acids is 1. The molecular formula is C11H21N5OS. The lowest BCUT2D eigenvalue weighted by atomic mass is 10.4. The quantitative estimate of drug-likeness (QED) is 0.565. The van der Waals surface area contributed by atoms with Crippen LogP contribution >= 0.6 is 11.3 Å². The van der Waals surface area contributed by atoms with Crippen molar-refractivity contribution < 1.29 is 4.79 Å². The summed E-state index contributed by atoms with van der Waals surface area (Å²) in [5.74, 6) is 5.43. The van der Waals surface area contributed by atoms with Gasteiger partial charge in [-0.05, 0) is 20.9 Å². The fourth-order valence-electron chi connectivity index (χ4n) is 1.68. The number of nitrogens with one attached hydrogen (secondary N) is 1. The highest BCUT2D eigenvalue weighted by molar-refractivity contribution is 7.15. The van der Waals surface area contributed by atoms with Gasteiger partial charge in [0.25, 0.3) is 0 Å². The summed E-state index contributed by atoms with van der Waals surface area (Å²) in [5, 5.41) is 0.688. The van der Waals surface area contributed by atoms with E-state index in [0.29, 0.717) is 18.2 Å². The van der Waals surface area contributed by atoms with Crippen molar-refractivity contribution in [3.63, 3.8) is 0 Å². The monoisotopic (exact) mass is 271 g/mol. The van der Waals surface area contributed by atoms with E-state index in [9.17, 15) is 4.79 Å². The Morgan fingerprint density at radius 1 is 1.50 bits per heavy atom. The molecule has 1 rings (SSSR count). The first-order chi connectivity index (χ1) is 8.60. The van der Waals surface area contributed by atoms with Crippen LogP contribution in [0, 0.1) is 0 Å². The minimum Gasteiger partial charge on any atom is -0.342 e. The number of hydrogen-bond acceptors (Lipinski definition) is 6. The Kier molecular flexibility index (Phi) is 6.03. The number of nitrogens with two attached hydrogens (primary N) is 1. The molecule has 3 N–H and O–H groups in total. The van der Waals surface area contributed by atoms with Gasteiger partial charge in [-0.15, -0.1) is 0 Å². The largest absolute Gasteiger partial charge is 0.342 e. The van der Waals surface area contributed by atoms with Crippen LogP contribution in [0.2, 0.25) is 0 Å². The van der Waals surface area contributed by atoms with Crippen molar-refractivity contribution in [2.75, 3.05) is 32.1 Å². The summed E-state index contributed by atoms with van der Waals surface area (Å²) in [6.45, 7) is 6.61. The Labute approximate surface area is 112 Å². The van der Waals surface area contributed by atoms with Crippen molar-refractivity contribution in [2.24, 2.45) is 5.84 Å². The van der Waals surface area contributed by atoms with E-state index in [1.165, 1.54) is 11.3 Å². The normalized spacial score (nSPS) is 10.7. The summed E-state index contributed by atoms with van der Waals surface area (Å²) >= 11 is 1.49. The molecule has 1 aromatic heterocycles. The number of nitrogen functional groups attached to an aromatic ring is 1. The van der Waals surface area contributed by atoms with Gasteiger partial charge < -0.3 is 4.90 Å². The molecule has 1 heterocycles. The van der Waals surface area contributed by atoms with Gasteiger partial charge >= 0.3 is 0 Å². The number of amides is 1. The fraction of sp³-hybridized carbons (Fsp3) is 0.636. The van der Waals surface area contributed by atoms with Crippen LogP contribution in [0.25, 0.3) is 0 Å². The smallest absolute Gasteiger partial charge is 0.236 e. The molecule has 0 saturated carbocycles. The summed E-state index contributed by atoms with van der Waals surface area (Å²) in [7, 11) is 1.93. The minimum absolute atomic E-state index is 0.157. The van der Waals surface area contributed by atoms with Crippen LogP contribution in [-0.2, 0) is 11.3 Å². The molecule has 1 amide bonds. The first-order valence-corrected chi connectivity index (χ1v) is 6.80. The molecule has 0 spiro atoms. The summed E-state index contributed by atoms with van der Waals surface area (Å²) < 4.78 is 0. The Morgan fingerprint density at radius 3 is 2.67 bits per heavy atom. The van der Waals surface area contributed by atoms with Gasteiger partial charge in [0, 0.05) is 30.7 Å². The number of carbonyl (C=O) groups is 1. The highest BCUT2D eigenvalue weighted by Crippen LogP contribution is 2.17. The molecule has 18 heavy (non-hydrogen) atoms. The average molecular weight is 271 g/mol. The Bertz CT molecular complexity index is 377. The van der Waals surface area contributed by atoms with Gasteiger partial charge in [-0.3, -0.25) is 15.1 Å². The van der Waals surface area contributed by atoms with Crippen molar-refractivity contribution in [3.05, 3.63) is 11.1 Å². The molecular weight excluding hydrogens is 250 g/mol. The van der Waals surface area contributed by atoms with E-state index in [-0.39, 0.29) is 5.91 Å². The molecule has 0 bridgehead atoms. The maximum absolute atomic E-state index is 11.9. The van der Waals surface area contributed by atoms with Crippen molar-refractivity contribution >= 4 is 22.4 Å². The third kappa shape index (κ3) is 4.25. The maximum atomic E-state index is 11.9. The van der Waals surface area contributed by atoms with E-state index in [4.69, 9.17) is 5.84 Å². The number of aromatic nitrogens is 1. The van der Waals surface area contributed by atoms with Gasteiger partial charge in [-0.25, -0.2) is 10.8 Å². The van der Waals surface area contributed by atoms with Gasteiger partial charge in [-0.2, -0.15) is 0 Å². The van der Waals surface area contributed by atoms with Crippen LogP contribution in [0.1, 0.15) is 18.7 Å². The maximum Gasteiger partial charge on any atom is 0.236 e. The van der Waals surface area contributed by atoms with E-state index in [1.807, 2.05) is 30.7 Å². The SMILES string of the molecule is CCN(CC)C(=O)CN(C)Cc1cnc(NN)s1. The third-order valence-electron chi connectivity index (χ3n) is 2.62. The first-order valence-electron chi connectivity index (χ1n) is 5.98. The van der Waals surface area contributed by atoms with E-state index in [1.54, 1.807) is 6.20 Å². The number of rotatable bonds is 7. The molecule has 0 aliphatic rings. The van der Waals surface area contributed by atoms with Crippen LogP contribution in [0.3, 0.4) is 0 Å². The molecule has 0 radical (unpaired) electrons. The Balaban J connectivity index is 2.45. The molecule has 0 aliphatic carbocycles. The summed E-state index contributed by atoms with van der Waals surface area (Å²) in [4.78, 5) is 20.9. The van der Waals surface area contributed by atoms with Crippen LogP contribution < -0.4 is 11.3 Å². The number of hydrogen-bond donors (Lipinski definition) is 2. The molecule has 102 valence electrons. The fourth-order valence-corrected chi connectivity index (χ4v) is 2.48. The average Bonchev–Trinajstić information content (AvgIpc) is 2.78. The van der Waals surface area contributed by atoms with E-state index < -0.39 is 0 Å². The molecule has 0 saturated heterocycles. The van der Waals surface area contributed by atoms with Crippen molar-refractivity contribution in [1.29, 1.82) is 0 Å². The molecule has 0 fully saturated rings. The third-order valence-corrected chi connectivity index (χ3v) is 3.54. The second kappa shape index (κ2) is 7.30. The minimum atomic E-state index is 0.157. The lowest BCUT2D eigenvalue weighted by molar-refractivity contribution is -0.131. The van der Waals surface area contributed by atoms with Crippen LogP contribution in [0.4, 0.5) is 5.13 Å². The Morgan fingerprint density at radius 2 is 2.17 bits per heavy atom. The number of likely N-dealkylation sites (N-methyl/N-ethyl adjacent to an activating group) is 2. The highest BCUT2D eigenvalue weighted by atomic mass is 32.1. The molecule has 0 unspecified atom stereocenters. The Hall–Kier alpha value is -1.18. The zero-order valence-corrected chi connectivity index (χ0v) is 12.0. The molecule has 6 nitrogen and oxygen atoms in total. The van der Waals surface area contributed by atoms with Crippen molar-refractivity contribution in [3.8, 4) is 0 Å². The van der Waals surface area contributed by atoms with E-state index in [2.05, 4.69) is 10.4 Å². The first kappa shape index (κ1) is 14.9. The standard InChI is InChI=1S/C11H21N5OS/c1-4-16(5-2)10(17)8-15(3)7-9-6-13-11(14-12)18-9/h6H,4-5,7-8,12H2,1-3H3,(H,13,14). The van der Waals surface area contributed by atoms with Gasteiger partial charge in [0.15, 0.2) is 5.13 Å². The van der Waals surface area contributed by atoms with Crippen molar-refractivity contribution in [1.82, 2.24) is 14.8 Å². The van der Waals surface area contributed by atoms with Gasteiger partial charge in [0.05, 0.1) is 6.54 Å². The molecule has 7 heteroatoms. The van der Waals surface area contributed by atoms with Crippen LogP contribution in [0.5, 0.6) is 0 Å². The zero-order valence-electron chi connectivity index (χ0n) is 11.1. The second-order valence-electron chi connectivity index (χ2n) is 4.01. The number of thiazole rings is 1. The summed E-state index contributed by atoms with van der Waals surface area (Å²) in [6.07, 6.45) is 1.78. The van der Waals surface area contributed by atoms with Crippen LogP contribution in [-0.4, -0.2) is 47.4 Å².